The lowest BCUT2D eigenvalue weighted by Gasteiger charge is -2.25. The molecule has 2 aromatic carbocycles. The second kappa shape index (κ2) is 11.2. The molecular formula is C28H28N2O8S. The lowest BCUT2D eigenvalue weighted by atomic mass is 9.93. The maximum absolute atomic E-state index is 13.6. The largest absolute Gasteiger partial charge is 0.507 e. The number of methoxy groups -OCH3 is 3. The van der Waals surface area contributed by atoms with Gasteiger partial charge in [-0.1, -0.05) is 23.5 Å². The summed E-state index contributed by atoms with van der Waals surface area (Å²) >= 11 is 0.924. The number of esters is 1. The number of ketones is 1. The van der Waals surface area contributed by atoms with Crippen molar-refractivity contribution in [2.24, 2.45) is 0 Å². The highest BCUT2D eigenvalue weighted by molar-refractivity contribution is 7.17. The number of benzene rings is 2. The van der Waals surface area contributed by atoms with Gasteiger partial charge in [0.25, 0.3) is 5.78 Å². The minimum Gasteiger partial charge on any atom is -0.507 e. The van der Waals surface area contributed by atoms with Crippen LogP contribution in [-0.4, -0.2) is 55.7 Å². The number of anilines is 1. The number of para-hydroxylation sites is 1. The van der Waals surface area contributed by atoms with E-state index in [2.05, 4.69) is 4.98 Å². The number of nitrogens with zero attached hydrogens (tertiary/aromatic N) is 2. The molecule has 1 atom stereocenters. The Morgan fingerprint density at radius 1 is 1.08 bits per heavy atom. The molecule has 10 nitrogen and oxygen atoms in total. The first-order chi connectivity index (χ1) is 18.7. The Labute approximate surface area is 229 Å². The monoisotopic (exact) mass is 552 g/mol. The summed E-state index contributed by atoms with van der Waals surface area (Å²) in [4.78, 5) is 45.5. The second-order valence-corrected chi connectivity index (χ2v) is 9.54. The van der Waals surface area contributed by atoms with Crippen molar-refractivity contribution < 1.29 is 38.4 Å². The number of aliphatic hydroxyl groups excluding tert-OH is 1. The number of rotatable bonds is 8. The number of hydrogen-bond acceptors (Lipinski definition) is 10. The molecule has 1 amide bonds. The van der Waals surface area contributed by atoms with Crippen LogP contribution in [0, 0.1) is 13.8 Å². The molecule has 11 heteroatoms. The van der Waals surface area contributed by atoms with Crippen LogP contribution in [0.1, 0.15) is 45.0 Å². The average Bonchev–Trinajstić information content (AvgIpc) is 3.44. The minimum absolute atomic E-state index is 0.0954. The standard InChI is InChI=1S/C28H28N2O8S/c1-7-38-27(34)25-15(3)29-28(39-25)30-21(18-9-8-10-19(36-5)24(18)37-6)20(23(32)26(30)33)22(31)17-12-11-16(35-4)13-14(17)2/h8-13,21,31H,7H2,1-6H3/t21-/m0/s1. The van der Waals surface area contributed by atoms with Crippen molar-refractivity contribution in [2.75, 3.05) is 32.8 Å². The predicted molar refractivity (Wildman–Crippen MR) is 145 cm³/mol. The molecule has 0 aliphatic carbocycles. The Morgan fingerprint density at radius 2 is 1.82 bits per heavy atom. The number of carbonyl (C=O) groups is 3. The Hall–Kier alpha value is -4.38. The highest BCUT2D eigenvalue weighted by Crippen LogP contribution is 2.48. The molecule has 4 rings (SSSR count). The van der Waals surface area contributed by atoms with Gasteiger partial charge in [-0.3, -0.25) is 14.5 Å². The number of aromatic nitrogens is 1. The van der Waals surface area contributed by atoms with E-state index in [-0.39, 0.29) is 33.7 Å². The third-order valence-corrected chi connectivity index (χ3v) is 7.45. The van der Waals surface area contributed by atoms with Crippen molar-refractivity contribution >= 4 is 39.9 Å². The van der Waals surface area contributed by atoms with Crippen LogP contribution >= 0.6 is 11.3 Å². The van der Waals surface area contributed by atoms with Gasteiger partial charge in [-0.25, -0.2) is 9.78 Å². The molecule has 1 aromatic heterocycles. The van der Waals surface area contributed by atoms with E-state index >= 15 is 0 Å². The number of aryl methyl sites for hydroxylation is 2. The van der Waals surface area contributed by atoms with E-state index in [0.717, 1.165) is 11.3 Å². The highest BCUT2D eigenvalue weighted by atomic mass is 32.1. The van der Waals surface area contributed by atoms with Crippen LogP contribution in [0.15, 0.2) is 42.0 Å². The molecule has 1 fully saturated rings. The number of aliphatic hydroxyl groups is 1. The molecule has 1 aliphatic heterocycles. The summed E-state index contributed by atoms with van der Waals surface area (Å²) in [7, 11) is 4.43. The molecule has 0 unspecified atom stereocenters. The van der Waals surface area contributed by atoms with Crippen LogP contribution in [0.4, 0.5) is 5.13 Å². The van der Waals surface area contributed by atoms with E-state index in [4.69, 9.17) is 18.9 Å². The third kappa shape index (κ3) is 4.81. The fourth-order valence-corrected chi connectivity index (χ4v) is 5.48. The first-order valence-corrected chi connectivity index (χ1v) is 12.8. The van der Waals surface area contributed by atoms with E-state index < -0.39 is 23.7 Å². The normalized spacial score (nSPS) is 16.4. The summed E-state index contributed by atoms with van der Waals surface area (Å²) in [6.45, 7) is 5.22. The van der Waals surface area contributed by atoms with Gasteiger partial charge in [0, 0.05) is 11.1 Å². The SMILES string of the molecule is CCOC(=O)c1sc(N2C(=O)C(=O)C(=C(O)c3ccc(OC)cc3C)[C@@H]2c2cccc(OC)c2OC)nc1C. The first kappa shape index (κ1) is 27.6. The Morgan fingerprint density at radius 3 is 2.44 bits per heavy atom. The second-order valence-electron chi connectivity index (χ2n) is 8.56. The zero-order valence-corrected chi connectivity index (χ0v) is 23.2. The predicted octanol–water partition coefficient (Wildman–Crippen LogP) is 4.59. The van der Waals surface area contributed by atoms with Crippen molar-refractivity contribution in [1.82, 2.24) is 4.98 Å². The fraction of sp³-hybridized carbons (Fsp3) is 0.286. The van der Waals surface area contributed by atoms with E-state index in [1.807, 2.05) is 0 Å². The van der Waals surface area contributed by atoms with Crippen LogP contribution < -0.4 is 19.1 Å². The maximum atomic E-state index is 13.6. The van der Waals surface area contributed by atoms with Crippen molar-refractivity contribution in [3.8, 4) is 17.2 Å². The summed E-state index contributed by atoms with van der Waals surface area (Å²) in [5.41, 5.74) is 1.55. The molecule has 204 valence electrons. The summed E-state index contributed by atoms with van der Waals surface area (Å²) in [6.07, 6.45) is 0. The molecule has 1 aliphatic rings. The van der Waals surface area contributed by atoms with Gasteiger partial charge < -0.3 is 24.1 Å². The number of thiazole rings is 1. The molecule has 0 bridgehead atoms. The summed E-state index contributed by atoms with van der Waals surface area (Å²) in [5, 5.41) is 11.6. The Bertz CT molecular complexity index is 1490. The van der Waals surface area contributed by atoms with Crippen molar-refractivity contribution in [2.45, 2.75) is 26.8 Å². The van der Waals surface area contributed by atoms with Crippen LogP contribution in [0.2, 0.25) is 0 Å². The zero-order chi connectivity index (χ0) is 28.4. The molecule has 1 N–H and O–H groups in total. The number of Topliss-reactive ketones (excluding diaryl/α,β-unsaturated/α-hetero) is 1. The molecule has 3 aromatic rings. The van der Waals surface area contributed by atoms with Gasteiger partial charge in [0.2, 0.25) is 0 Å². The van der Waals surface area contributed by atoms with Crippen LogP contribution in [0.25, 0.3) is 5.76 Å². The van der Waals surface area contributed by atoms with Crippen LogP contribution in [0.3, 0.4) is 0 Å². The van der Waals surface area contributed by atoms with E-state index in [1.54, 1.807) is 57.2 Å². The molecule has 0 radical (unpaired) electrons. The molecule has 0 spiro atoms. The summed E-state index contributed by atoms with van der Waals surface area (Å²) in [5.74, 6) is -1.58. The van der Waals surface area contributed by atoms with Gasteiger partial charge in [0.05, 0.1) is 39.2 Å². The smallest absolute Gasteiger partial charge is 0.350 e. The van der Waals surface area contributed by atoms with Crippen molar-refractivity contribution in [3.05, 3.63) is 69.2 Å². The van der Waals surface area contributed by atoms with Gasteiger partial charge in [0.1, 0.15) is 22.4 Å². The maximum Gasteiger partial charge on any atom is 0.350 e. The van der Waals surface area contributed by atoms with Gasteiger partial charge in [-0.15, -0.1) is 0 Å². The average molecular weight is 553 g/mol. The number of hydrogen-bond donors (Lipinski definition) is 1. The van der Waals surface area contributed by atoms with Gasteiger partial charge >= 0.3 is 11.9 Å². The molecule has 1 saturated heterocycles. The third-order valence-electron chi connectivity index (χ3n) is 6.31. The zero-order valence-electron chi connectivity index (χ0n) is 22.4. The van der Waals surface area contributed by atoms with Crippen LogP contribution in [0.5, 0.6) is 17.2 Å². The van der Waals surface area contributed by atoms with E-state index in [0.29, 0.717) is 33.9 Å². The fourth-order valence-electron chi connectivity index (χ4n) is 4.50. The Kier molecular flexibility index (Phi) is 7.91. The van der Waals surface area contributed by atoms with Crippen molar-refractivity contribution in [3.63, 3.8) is 0 Å². The van der Waals surface area contributed by atoms with E-state index in [1.165, 1.54) is 26.2 Å². The van der Waals surface area contributed by atoms with Gasteiger partial charge in [-0.05, 0) is 50.6 Å². The molecular weight excluding hydrogens is 524 g/mol. The summed E-state index contributed by atoms with van der Waals surface area (Å²) in [6, 6.07) is 8.87. The van der Waals surface area contributed by atoms with Crippen LogP contribution in [-0.2, 0) is 14.3 Å². The van der Waals surface area contributed by atoms with Gasteiger partial charge in [-0.2, -0.15) is 0 Å². The first-order valence-electron chi connectivity index (χ1n) is 12.0. The molecule has 39 heavy (non-hydrogen) atoms. The lowest BCUT2D eigenvalue weighted by Crippen LogP contribution is -2.29. The number of amides is 1. The highest BCUT2D eigenvalue weighted by Gasteiger charge is 2.49. The molecule has 0 saturated carbocycles. The number of carbonyl (C=O) groups excluding carboxylic acids is 3. The lowest BCUT2D eigenvalue weighted by molar-refractivity contribution is -0.132. The van der Waals surface area contributed by atoms with Crippen molar-refractivity contribution in [1.29, 1.82) is 0 Å². The Balaban J connectivity index is 2.00. The topological polar surface area (TPSA) is 124 Å². The number of ether oxygens (including phenoxy) is 4. The quantitative estimate of drug-likeness (QED) is 0.185. The van der Waals surface area contributed by atoms with Gasteiger partial charge in [0.15, 0.2) is 16.6 Å². The minimum atomic E-state index is -1.14. The summed E-state index contributed by atoms with van der Waals surface area (Å²) < 4.78 is 21.5. The van der Waals surface area contributed by atoms with E-state index in [9.17, 15) is 19.5 Å². The molecule has 2 heterocycles.